The second kappa shape index (κ2) is 9.51. The first kappa shape index (κ1) is 20.8. The van der Waals surface area contributed by atoms with Gasteiger partial charge < -0.3 is 10.6 Å². The molecule has 1 aliphatic rings. The van der Waals surface area contributed by atoms with E-state index in [1.54, 1.807) is 0 Å². The molecule has 2 amide bonds. The lowest BCUT2D eigenvalue weighted by Gasteiger charge is -2.25. The second-order valence-electron chi connectivity index (χ2n) is 7.07. The molecule has 29 heavy (non-hydrogen) atoms. The molecule has 1 aromatic carbocycles. The maximum Gasteiger partial charge on any atom is 0.271 e. The highest BCUT2D eigenvalue weighted by molar-refractivity contribution is 5.91. The van der Waals surface area contributed by atoms with Crippen molar-refractivity contribution in [3.8, 4) is 0 Å². The first-order valence-electron chi connectivity index (χ1n) is 9.41. The fraction of sp³-hybridized carbons (Fsp3) is 0.400. The largest absolute Gasteiger partial charge is 0.352 e. The van der Waals surface area contributed by atoms with Crippen LogP contribution in [0.3, 0.4) is 0 Å². The Bertz CT molecular complexity index is 865. The molecule has 9 heteroatoms. The van der Waals surface area contributed by atoms with Gasteiger partial charge in [-0.25, -0.2) is 13.8 Å². The maximum absolute atomic E-state index is 13.6. The van der Waals surface area contributed by atoms with Crippen LogP contribution in [0.5, 0.6) is 0 Å². The summed E-state index contributed by atoms with van der Waals surface area (Å²) in [5, 5.41) is 5.53. The third kappa shape index (κ3) is 5.54. The van der Waals surface area contributed by atoms with Gasteiger partial charge in [0.05, 0.1) is 6.20 Å². The molecule has 2 N–H and O–H groups in total. The number of rotatable bonds is 7. The Morgan fingerprint density at radius 1 is 1.17 bits per heavy atom. The van der Waals surface area contributed by atoms with Gasteiger partial charge in [-0.3, -0.25) is 19.5 Å². The Morgan fingerprint density at radius 3 is 2.69 bits per heavy atom. The van der Waals surface area contributed by atoms with Gasteiger partial charge in [0.15, 0.2) is 0 Å². The van der Waals surface area contributed by atoms with E-state index in [0.29, 0.717) is 6.54 Å². The van der Waals surface area contributed by atoms with E-state index in [1.165, 1.54) is 24.7 Å². The fourth-order valence-electron chi connectivity index (χ4n) is 3.44. The van der Waals surface area contributed by atoms with E-state index in [-0.39, 0.29) is 48.1 Å². The molecule has 1 saturated heterocycles. The molecule has 1 fully saturated rings. The van der Waals surface area contributed by atoms with Gasteiger partial charge in [-0.05, 0) is 26.0 Å². The molecule has 0 aliphatic carbocycles. The number of amides is 2. The molecular formula is C20H23F2N5O2. The quantitative estimate of drug-likeness (QED) is 0.734. The topological polar surface area (TPSA) is 87.2 Å². The van der Waals surface area contributed by atoms with Gasteiger partial charge in [0, 0.05) is 55.6 Å². The van der Waals surface area contributed by atoms with Crippen LogP contribution in [0, 0.1) is 11.6 Å². The molecule has 2 atom stereocenters. The van der Waals surface area contributed by atoms with Gasteiger partial charge in [-0.1, -0.05) is 6.07 Å². The van der Waals surface area contributed by atoms with Crippen LogP contribution in [0.25, 0.3) is 0 Å². The van der Waals surface area contributed by atoms with Crippen LogP contribution in [-0.2, 0) is 11.3 Å². The molecule has 0 bridgehead atoms. The number of benzene rings is 1. The summed E-state index contributed by atoms with van der Waals surface area (Å²) >= 11 is 0. The first-order valence-corrected chi connectivity index (χ1v) is 9.41. The van der Waals surface area contributed by atoms with Crippen molar-refractivity contribution in [2.24, 2.45) is 0 Å². The number of nitrogens with zero attached hydrogens (tertiary/aromatic N) is 3. The Labute approximate surface area is 167 Å². The molecule has 154 valence electrons. The SMILES string of the molecule is CN1[C@@H](CC(=O)NCc2ccc(F)cc2F)CC[C@H]1CNC(=O)c1cnccn1. The van der Waals surface area contributed by atoms with Crippen molar-refractivity contribution >= 4 is 11.8 Å². The summed E-state index contributed by atoms with van der Waals surface area (Å²) < 4.78 is 26.6. The number of hydrogen-bond acceptors (Lipinski definition) is 5. The summed E-state index contributed by atoms with van der Waals surface area (Å²) in [5.41, 5.74) is 0.501. The third-order valence-corrected chi connectivity index (χ3v) is 5.19. The molecular weight excluding hydrogens is 380 g/mol. The highest BCUT2D eigenvalue weighted by atomic mass is 19.1. The zero-order valence-corrected chi connectivity index (χ0v) is 16.1. The molecule has 3 rings (SSSR count). The Balaban J connectivity index is 1.44. The van der Waals surface area contributed by atoms with Crippen molar-refractivity contribution in [1.82, 2.24) is 25.5 Å². The number of carbonyl (C=O) groups is 2. The molecule has 2 aromatic rings. The number of halogens is 2. The smallest absolute Gasteiger partial charge is 0.271 e. The average molecular weight is 403 g/mol. The zero-order valence-electron chi connectivity index (χ0n) is 16.1. The van der Waals surface area contributed by atoms with Crippen molar-refractivity contribution in [2.45, 2.75) is 37.9 Å². The molecule has 1 aromatic heterocycles. The summed E-state index contributed by atoms with van der Waals surface area (Å²) in [6, 6.07) is 3.43. The first-order chi connectivity index (χ1) is 13.9. The second-order valence-corrected chi connectivity index (χ2v) is 7.07. The molecule has 0 saturated carbocycles. The lowest BCUT2D eigenvalue weighted by atomic mass is 10.1. The number of aromatic nitrogens is 2. The monoisotopic (exact) mass is 403 g/mol. The normalized spacial score (nSPS) is 19.1. The summed E-state index contributed by atoms with van der Waals surface area (Å²) in [6.07, 6.45) is 6.31. The van der Waals surface area contributed by atoms with Crippen molar-refractivity contribution in [1.29, 1.82) is 0 Å². The van der Waals surface area contributed by atoms with Gasteiger partial charge >= 0.3 is 0 Å². The van der Waals surface area contributed by atoms with Crippen LogP contribution in [0.2, 0.25) is 0 Å². The summed E-state index contributed by atoms with van der Waals surface area (Å²) in [4.78, 5) is 34.2. The van der Waals surface area contributed by atoms with E-state index in [1.807, 2.05) is 7.05 Å². The molecule has 0 radical (unpaired) electrons. The number of nitrogens with one attached hydrogen (secondary N) is 2. The van der Waals surface area contributed by atoms with Crippen molar-refractivity contribution in [2.75, 3.05) is 13.6 Å². The van der Waals surface area contributed by atoms with Crippen LogP contribution < -0.4 is 10.6 Å². The van der Waals surface area contributed by atoms with Gasteiger partial charge in [-0.2, -0.15) is 0 Å². The van der Waals surface area contributed by atoms with Crippen LogP contribution in [0.4, 0.5) is 8.78 Å². The summed E-state index contributed by atoms with van der Waals surface area (Å²) in [6.45, 7) is 0.462. The molecule has 0 spiro atoms. The van der Waals surface area contributed by atoms with E-state index < -0.39 is 11.6 Å². The predicted octanol–water partition coefficient (Wildman–Crippen LogP) is 1.65. The van der Waals surface area contributed by atoms with Crippen molar-refractivity contribution in [3.63, 3.8) is 0 Å². The van der Waals surface area contributed by atoms with Crippen LogP contribution in [-0.4, -0.2) is 52.4 Å². The van der Waals surface area contributed by atoms with Crippen LogP contribution >= 0.6 is 0 Å². The molecule has 0 unspecified atom stereocenters. The van der Waals surface area contributed by atoms with Gasteiger partial charge in [-0.15, -0.1) is 0 Å². The molecule has 1 aliphatic heterocycles. The maximum atomic E-state index is 13.6. The Morgan fingerprint density at radius 2 is 1.97 bits per heavy atom. The lowest BCUT2D eigenvalue weighted by molar-refractivity contribution is -0.122. The Hall–Kier alpha value is -2.94. The van der Waals surface area contributed by atoms with Crippen LogP contribution in [0.15, 0.2) is 36.8 Å². The number of likely N-dealkylation sites (tertiary alicyclic amines) is 1. The summed E-state index contributed by atoms with van der Waals surface area (Å²) in [7, 11) is 1.92. The standard InChI is InChI=1S/C20H23F2N5O2/c1-27-15(9-19(28)25-10-13-2-3-14(21)8-17(13)22)4-5-16(27)11-26-20(29)18-12-23-6-7-24-18/h2-3,6-8,12,15-16H,4-5,9-11H2,1H3,(H,25,28)(H,26,29)/t15-,16+/m1/s1. The van der Waals surface area contributed by atoms with E-state index in [2.05, 4.69) is 25.5 Å². The molecule has 7 nitrogen and oxygen atoms in total. The highest BCUT2D eigenvalue weighted by Crippen LogP contribution is 2.24. The van der Waals surface area contributed by atoms with Gasteiger partial charge in [0.25, 0.3) is 5.91 Å². The van der Waals surface area contributed by atoms with E-state index in [0.717, 1.165) is 25.0 Å². The minimum atomic E-state index is -0.679. The summed E-state index contributed by atoms with van der Waals surface area (Å²) in [5.74, 6) is -1.81. The van der Waals surface area contributed by atoms with E-state index in [9.17, 15) is 18.4 Å². The van der Waals surface area contributed by atoms with E-state index in [4.69, 9.17) is 0 Å². The highest BCUT2D eigenvalue weighted by Gasteiger charge is 2.32. The lowest BCUT2D eigenvalue weighted by Crippen LogP contribution is -2.42. The number of hydrogen-bond donors (Lipinski definition) is 2. The van der Waals surface area contributed by atoms with Crippen LogP contribution in [0.1, 0.15) is 35.3 Å². The van der Waals surface area contributed by atoms with E-state index >= 15 is 0 Å². The zero-order chi connectivity index (χ0) is 20.8. The minimum Gasteiger partial charge on any atom is -0.352 e. The number of likely N-dealkylation sites (N-methyl/N-ethyl adjacent to an activating group) is 1. The Kier molecular flexibility index (Phi) is 6.82. The van der Waals surface area contributed by atoms with Crippen molar-refractivity contribution < 1.29 is 18.4 Å². The number of carbonyl (C=O) groups excluding carboxylic acids is 2. The average Bonchev–Trinajstić information content (AvgIpc) is 3.05. The minimum absolute atomic E-state index is 0.0129. The third-order valence-electron chi connectivity index (χ3n) is 5.19. The predicted molar refractivity (Wildman–Crippen MR) is 102 cm³/mol. The fourth-order valence-corrected chi connectivity index (χ4v) is 3.44. The van der Waals surface area contributed by atoms with Crippen molar-refractivity contribution in [3.05, 3.63) is 59.7 Å². The molecule has 2 heterocycles. The van der Waals surface area contributed by atoms with Gasteiger partial charge in [0.1, 0.15) is 17.3 Å². The van der Waals surface area contributed by atoms with Gasteiger partial charge in [0.2, 0.25) is 5.91 Å².